The molecule has 0 saturated carbocycles. The third kappa shape index (κ3) is 4.50. The summed E-state index contributed by atoms with van der Waals surface area (Å²) in [4.78, 5) is 19.1. The molecule has 4 rings (SSSR count). The Bertz CT molecular complexity index is 1010. The van der Waals surface area contributed by atoms with Crippen molar-refractivity contribution in [3.63, 3.8) is 0 Å². The molecule has 1 saturated heterocycles. The van der Waals surface area contributed by atoms with E-state index in [4.69, 9.17) is 4.52 Å². The fourth-order valence-electron chi connectivity index (χ4n) is 3.59. The standard InChI is InChI=1S/C22H23BrN4O2/c1-14-3-8-19(15(2)13-14)24-22(28)27-11-9-17(10-12-27)21-25-20(26-29-21)16-4-6-18(23)7-5-16/h3-8,13,17H,9-12H2,1-2H3,(H,24,28). The average molecular weight is 455 g/mol. The number of nitrogens with one attached hydrogen (secondary N) is 1. The fraction of sp³-hybridized carbons (Fsp3) is 0.318. The lowest BCUT2D eigenvalue weighted by atomic mass is 9.97. The minimum Gasteiger partial charge on any atom is -0.339 e. The van der Waals surface area contributed by atoms with Crippen LogP contribution in [-0.4, -0.2) is 34.2 Å². The first-order valence-electron chi connectivity index (χ1n) is 9.72. The first-order chi connectivity index (χ1) is 14.0. The third-order valence-corrected chi connectivity index (χ3v) is 5.83. The van der Waals surface area contributed by atoms with Gasteiger partial charge in [-0.1, -0.05) is 38.8 Å². The smallest absolute Gasteiger partial charge is 0.321 e. The lowest BCUT2D eigenvalue weighted by Crippen LogP contribution is -2.40. The molecule has 1 N–H and O–H groups in total. The molecule has 150 valence electrons. The summed E-state index contributed by atoms with van der Waals surface area (Å²) in [5.41, 5.74) is 4.04. The molecule has 0 unspecified atom stereocenters. The predicted molar refractivity (Wildman–Crippen MR) is 116 cm³/mol. The maximum absolute atomic E-state index is 12.6. The van der Waals surface area contributed by atoms with Crippen LogP contribution < -0.4 is 5.32 Å². The number of carbonyl (C=O) groups is 1. The molecule has 2 aromatic carbocycles. The number of urea groups is 1. The maximum atomic E-state index is 12.6. The number of benzene rings is 2. The van der Waals surface area contributed by atoms with Crippen LogP contribution in [0.2, 0.25) is 0 Å². The van der Waals surface area contributed by atoms with Crippen molar-refractivity contribution < 1.29 is 9.32 Å². The van der Waals surface area contributed by atoms with Gasteiger partial charge in [-0.05, 0) is 62.6 Å². The molecule has 2 heterocycles. The topological polar surface area (TPSA) is 71.3 Å². The van der Waals surface area contributed by atoms with E-state index < -0.39 is 0 Å². The first kappa shape index (κ1) is 19.6. The molecule has 1 aromatic heterocycles. The lowest BCUT2D eigenvalue weighted by molar-refractivity contribution is 0.187. The summed E-state index contributed by atoms with van der Waals surface area (Å²) in [5.74, 6) is 1.43. The van der Waals surface area contributed by atoms with Crippen molar-refractivity contribution in [2.24, 2.45) is 0 Å². The van der Waals surface area contributed by atoms with Crippen LogP contribution in [0.15, 0.2) is 51.5 Å². The Morgan fingerprint density at radius 2 is 1.86 bits per heavy atom. The van der Waals surface area contributed by atoms with Gasteiger partial charge in [-0.15, -0.1) is 0 Å². The summed E-state index contributed by atoms with van der Waals surface area (Å²) < 4.78 is 6.53. The van der Waals surface area contributed by atoms with Crippen molar-refractivity contribution in [3.8, 4) is 11.4 Å². The SMILES string of the molecule is Cc1ccc(NC(=O)N2CCC(c3nc(-c4ccc(Br)cc4)no3)CC2)c(C)c1. The number of halogens is 1. The minimum atomic E-state index is -0.0588. The highest BCUT2D eigenvalue weighted by atomic mass is 79.9. The molecule has 1 fully saturated rings. The number of aromatic nitrogens is 2. The lowest BCUT2D eigenvalue weighted by Gasteiger charge is -2.30. The Hall–Kier alpha value is -2.67. The summed E-state index contributed by atoms with van der Waals surface area (Å²) in [6.45, 7) is 5.38. The number of piperidine rings is 1. The number of aryl methyl sites for hydroxylation is 2. The third-order valence-electron chi connectivity index (χ3n) is 5.30. The zero-order chi connectivity index (χ0) is 20.4. The molecule has 0 aliphatic carbocycles. The van der Waals surface area contributed by atoms with Crippen molar-refractivity contribution in [2.75, 3.05) is 18.4 Å². The van der Waals surface area contributed by atoms with Crippen LogP contribution in [0.3, 0.4) is 0 Å². The van der Waals surface area contributed by atoms with Gasteiger partial charge >= 0.3 is 6.03 Å². The van der Waals surface area contributed by atoms with Crippen LogP contribution in [0, 0.1) is 13.8 Å². The highest BCUT2D eigenvalue weighted by Crippen LogP contribution is 2.29. The second-order valence-electron chi connectivity index (χ2n) is 7.47. The Labute approximate surface area is 178 Å². The van der Waals surface area contributed by atoms with Crippen LogP contribution >= 0.6 is 15.9 Å². The van der Waals surface area contributed by atoms with E-state index in [0.717, 1.165) is 34.1 Å². The Kier molecular flexibility index (Phi) is 5.67. The van der Waals surface area contributed by atoms with Gasteiger partial charge in [0.15, 0.2) is 0 Å². The summed E-state index contributed by atoms with van der Waals surface area (Å²) in [5, 5.41) is 7.15. The van der Waals surface area contributed by atoms with E-state index in [1.807, 2.05) is 55.1 Å². The second-order valence-corrected chi connectivity index (χ2v) is 8.39. The normalized spacial score (nSPS) is 14.8. The molecule has 1 aliphatic heterocycles. The highest BCUT2D eigenvalue weighted by molar-refractivity contribution is 9.10. The molecular weight excluding hydrogens is 432 g/mol. The first-order valence-corrected chi connectivity index (χ1v) is 10.5. The molecule has 1 aliphatic rings. The number of likely N-dealkylation sites (tertiary alicyclic amines) is 1. The fourth-order valence-corrected chi connectivity index (χ4v) is 3.86. The van der Waals surface area contributed by atoms with Gasteiger partial charge < -0.3 is 14.7 Å². The highest BCUT2D eigenvalue weighted by Gasteiger charge is 2.28. The molecule has 2 amide bonds. The van der Waals surface area contributed by atoms with E-state index in [-0.39, 0.29) is 11.9 Å². The van der Waals surface area contributed by atoms with E-state index in [1.54, 1.807) is 0 Å². The monoisotopic (exact) mass is 454 g/mol. The molecule has 7 heteroatoms. The van der Waals surface area contributed by atoms with E-state index >= 15 is 0 Å². The number of hydrogen-bond acceptors (Lipinski definition) is 4. The molecule has 3 aromatic rings. The summed E-state index contributed by atoms with van der Waals surface area (Å²) in [7, 11) is 0. The zero-order valence-electron chi connectivity index (χ0n) is 16.5. The van der Waals surface area contributed by atoms with E-state index in [9.17, 15) is 4.79 Å². The molecule has 0 radical (unpaired) electrons. The van der Waals surface area contributed by atoms with Gasteiger partial charge in [0.1, 0.15) is 0 Å². The average Bonchev–Trinajstić information content (AvgIpc) is 3.21. The van der Waals surface area contributed by atoms with Gasteiger partial charge in [0.25, 0.3) is 0 Å². The molecule has 0 spiro atoms. The van der Waals surface area contributed by atoms with Gasteiger partial charge in [-0.3, -0.25) is 0 Å². The number of nitrogens with zero attached hydrogens (tertiary/aromatic N) is 3. The summed E-state index contributed by atoms with van der Waals surface area (Å²) in [6, 6.07) is 13.8. The van der Waals surface area contributed by atoms with Crippen molar-refractivity contribution in [1.82, 2.24) is 15.0 Å². The Balaban J connectivity index is 1.35. The molecule has 29 heavy (non-hydrogen) atoms. The number of carbonyl (C=O) groups excluding carboxylic acids is 1. The van der Waals surface area contributed by atoms with Gasteiger partial charge in [0.2, 0.25) is 11.7 Å². The number of hydrogen-bond donors (Lipinski definition) is 1. The molecular formula is C22H23BrN4O2. The van der Waals surface area contributed by atoms with Gasteiger partial charge in [0.05, 0.1) is 0 Å². The van der Waals surface area contributed by atoms with E-state index in [1.165, 1.54) is 5.56 Å². The Morgan fingerprint density at radius 3 is 2.55 bits per heavy atom. The van der Waals surface area contributed by atoms with Crippen LogP contribution in [0.4, 0.5) is 10.5 Å². The van der Waals surface area contributed by atoms with E-state index in [2.05, 4.69) is 37.5 Å². The minimum absolute atomic E-state index is 0.0588. The van der Waals surface area contributed by atoms with Crippen LogP contribution in [0.25, 0.3) is 11.4 Å². The van der Waals surface area contributed by atoms with Crippen molar-refractivity contribution in [1.29, 1.82) is 0 Å². The molecule has 6 nitrogen and oxygen atoms in total. The van der Waals surface area contributed by atoms with Gasteiger partial charge in [-0.2, -0.15) is 4.98 Å². The number of anilines is 1. The van der Waals surface area contributed by atoms with Crippen molar-refractivity contribution in [2.45, 2.75) is 32.6 Å². The predicted octanol–water partition coefficient (Wildman–Crippen LogP) is 5.53. The van der Waals surface area contributed by atoms with Crippen LogP contribution in [0.5, 0.6) is 0 Å². The van der Waals surface area contributed by atoms with Crippen molar-refractivity contribution in [3.05, 3.63) is 64.0 Å². The van der Waals surface area contributed by atoms with Crippen LogP contribution in [-0.2, 0) is 0 Å². The summed E-state index contributed by atoms with van der Waals surface area (Å²) >= 11 is 3.43. The van der Waals surface area contributed by atoms with Gasteiger partial charge in [0, 0.05) is 34.7 Å². The summed E-state index contributed by atoms with van der Waals surface area (Å²) in [6.07, 6.45) is 1.62. The maximum Gasteiger partial charge on any atom is 0.321 e. The Morgan fingerprint density at radius 1 is 1.14 bits per heavy atom. The van der Waals surface area contributed by atoms with Crippen molar-refractivity contribution >= 4 is 27.6 Å². The second kappa shape index (κ2) is 8.37. The number of rotatable bonds is 3. The molecule has 0 atom stereocenters. The van der Waals surface area contributed by atoms with Crippen LogP contribution in [0.1, 0.15) is 35.8 Å². The zero-order valence-corrected chi connectivity index (χ0v) is 18.1. The number of amides is 2. The molecule has 0 bridgehead atoms. The quantitative estimate of drug-likeness (QED) is 0.564. The van der Waals surface area contributed by atoms with Gasteiger partial charge in [-0.25, -0.2) is 4.79 Å². The van der Waals surface area contributed by atoms with E-state index in [0.29, 0.717) is 24.8 Å². The largest absolute Gasteiger partial charge is 0.339 e.